The Morgan fingerprint density at radius 1 is 1.21 bits per heavy atom. The van der Waals surface area contributed by atoms with E-state index in [1.54, 1.807) is 13.8 Å². The normalized spacial score (nSPS) is 26.9. The van der Waals surface area contributed by atoms with Gasteiger partial charge in [-0.2, -0.15) is 0 Å². The first-order chi connectivity index (χ1) is 9.00. The van der Waals surface area contributed by atoms with Crippen molar-refractivity contribution >= 4 is 17.7 Å². The molecule has 5 nitrogen and oxygen atoms in total. The zero-order valence-corrected chi connectivity index (χ0v) is 11.9. The summed E-state index contributed by atoms with van der Waals surface area (Å²) < 4.78 is 10.0. The highest BCUT2D eigenvalue weighted by Crippen LogP contribution is 2.42. The number of esters is 2. The molecule has 19 heavy (non-hydrogen) atoms. The van der Waals surface area contributed by atoms with Crippen LogP contribution in [0.3, 0.4) is 0 Å². The molecule has 2 atom stereocenters. The molecule has 0 heterocycles. The molecule has 2 unspecified atom stereocenters. The standard InChI is InChI=1S/C14H22O5/c1-4-14(13(17)19-6-3)8-7-11(15)10(9-14)12(16)18-5-2/h10H,4-9H2,1-3H3. The summed E-state index contributed by atoms with van der Waals surface area (Å²) in [5, 5.41) is 0. The van der Waals surface area contributed by atoms with Crippen LogP contribution in [0, 0.1) is 11.3 Å². The van der Waals surface area contributed by atoms with E-state index in [0.717, 1.165) is 0 Å². The third-order valence-corrected chi connectivity index (χ3v) is 3.79. The maximum absolute atomic E-state index is 12.1. The second kappa shape index (κ2) is 6.68. The summed E-state index contributed by atoms with van der Waals surface area (Å²) in [6.45, 7) is 5.87. The van der Waals surface area contributed by atoms with Crippen LogP contribution in [0.2, 0.25) is 0 Å². The Morgan fingerprint density at radius 2 is 1.84 bits per heavy atom. The Hall–Kier alpha value is -1.39. The van der Waals surface area contributed by atoms with Gasteiger partial charge in [0.15, 0.2) is 0 Å². The van der Waals surface area contributed by atoms with Gasteiger partial charge in [0, 0.05) is 6.42 Å². The third kappa shape index (κ3) is 3.33. The van der Waals surface area contributed by atoms with Gasteiger partial charge in [-0.15, -0.1) is 0 Å². The number of carbonyl (C=O) groups excluding carboxylic acids is 3. The van der Waals surface area contributed by atoms with E-state index < -0.39 is 17.3 Å². The van der Waals surface area contributed by atoms with E-state index in [4.69, 9.17) is 9.47 Å². The summed E-state index contributed by atoms with van der Waals surface area (Å²) in [5.74, 6) is -1.78. The van der Waals surface area contributed by atoms with Crippen molar-refractivity contribution in [1.29, 1.82) is 0 Å². The van der Waals surface area contributed by atoms with Crippen molar-refractivity contribution in [3.05, 3.63) is 0 Å². The lowest BCUT2D eigenvalue weighted by Gasteiger charge is -2.36. The van der Waals surface area contributed by atoms with Crippen LogP contribution in [0.15, 0.2) is 0 Å². The number of hydrogen-bond donors (Lipinski definition) is 0. The molecular weight excluding hydrogens is 248 g/mol. The SMILES string of the molecule is CCOC(=O)C1CC(CC)(C(=O)OCC)CCC1=O. The first kappa shape index (κ1) is 15.7. The highest BCUT2D eigenvalue weighted by Gasteiger charge is 2.48. The molecule has 0 saturated heterocycles. The Bertz CT molecular complexity index is 363. The number of ketones is 1. The quantitative estimate of drug-likeness (QED) is 0.563. The molecule has 1 rings (SSSR count). The molecule has 0 aromatic rings. The molecule has 108 valence electrons. The lowest BCUT2D eigenvalue weighted by atomic mass is 9.67. The van der Waals surface area contributed by atoms with Crippen LogP contribution in [-0.2, 0) is 23.9 Å². The van der Waals surface area contributed by atoms with Gasteiger partial charge in [0.25, 0.3) is 0 Å². The predicted molar refractivity (Wildman–Crippen MR) is 68.3 cm³/mol. The van der Waals surface area contributed by atoms with Crippen molar-refractivity contribution in [2.75, 3.05) is 13.2 Å². The summed E-state index contributed by atoms with van der Waals surface area (Å²) in [6, 6.07) is 0. The average Bonchev–Trinajstić information content (AvgIpc) is 2.40. The topological polar surface area (TPSA) is 69.7 Å². The van der Waals surface area contributed by atoms with Gasteiger partial charge in [-0.1, -0.05) is 6.92 Å². The average molecular weight is 270 g/mol. The first-order valence-corrected chi connectivity index (χ1v) is 6.87. The molecule has 5 heteroatoms. The summed E-state index contributed by atoms with van der Waals surface area (Å²) in [7, 11) is 0. The Morgan fingerprint density at radius 3 is 2.37 bits per heavy atom. The molecule has 0 N–H and O–H groups in total. The monoisotopic (exact) mass is 270 g/mol. The van der Waals surface area contributed by atoms with Crippen LogP contribution < -0.4 is 0 Å². The van der Waals surface area contributed by atoms with Crippen LogP contribution in [0.1, 0.15) is 46.5 Å². The molecule has 0 aromatic carbocycles. The van der Waals surface area contributed by atoms with E-state index in [9.17, 15) is 14.4 Å². The molecule has 0 bridgehead atoms. The molecular formula is C14H22O5. The first-order valence-electron chi connectivity index (χ1n) is 6.87. The van der Waals surface area contributed by atoms with E-state index >= 15 is 0 Å². The van der Waals surface area contributed by atoms with Crippen LogP contribution in [0.4, 0.5) is 0 Å². The lowest BCUT2D eigenvalue weighted by Crippen LogP contribution is -2.43. The van der Waals surface area contributed by atoms with Gasteiger partial charge in [-0.3, -0.25) is 14.4 Å². The van der Waals surface area contributed by atoms with Crippen molar-refractivity contribution in [2.24, 2.45) is 11.3 Å². The van der Waals surface area contributed by atoms with Gasteiger partial charge in [0.05, 0.1) is 18.6 Å². The maximum atomic E-state index is 12.1. The smallest absolute Gasteiger partial charge is 0.316 e. The molecule has 1 fully saturated rings. The van der Waals surface area contributed by atoms with Gasteiger partial charge >= 0.3 is 11.9 Å². The van der Waals surface area contributed by atoms with E-state index in [0.29, 0.717) is 19.4 Å². The largest absolute Gasteiger partial charge is 0.466 e. The van der Waals surface area contributed by atoms with E-state index in [1.165, 1.54) is 0 Å². The number of hydrogen-bond acceptors (Lipinski definition) is 5. The van der Waals surface area contributed by atoms with Gasteiger partial charge in [-0.25, -0.2) is 0 Å². The van der Waals surface area contributed by atoms with E-state index in [-0.39, 0.29) is 31.2 Å². The molecule has 1 aliphatic carbocycles. The van der Waals surface area contributed by atoms with Gasteiger partial charge in [0.1, 0.15) is 11.7 Å². The van der Waals surface area contributed by atoms with Crippen molar-refractivity contribution < 1.29 is 23.9 Å². The number of rotatable bonds is 5. The molecule has 0 aliphatic heterocycles. The maximum Gasteiger partial charge on any atom is 0.316 e. The molecule has 0 aromatic heterocycles. The van der Waals surface area contributed by atoms with Crippen LogP contribution >= 0.6 is 0 Å². The fourth-order valence-electron chi connectivity index (χ4n) is 2.54. The van der Waals surface area contributed by atoms with Gasteiger partial charge in [0.2, 0.25) is 0 Å². The molecule has 1 aliphatic rings. The van der Waals surface area contributed by atoms with Gasteiger partial charge in [-0.05, 0) is 33.1 Å². The van der Waals surface area contributed by atoms with Crippen LogP contribution in [-0.4, -0.2) is 30.9 Å². The third-order valence-electron chi connectivity index (χ3n) is 3.79. The summed E-state index contributed by atoms with van der Waals surface area (Å²) in [6.07, 6.45) is 1.46. The summed E-state index contributed by atoms with van der Waals surface area (Å²) in [4.78, 5) is 35.7. The van der Waals surface area contributed by atoms with E-state index in [1.807, 2.05) is 6.92 Å². The summed E-state index contributed by atoms with van der Waals surface area (Å²) in [5.41, 5.74) is -0.721. The number of Topliss-reactive ketones (excluding diaryl/α,β-unsaturated/α-hetero) is 1. The van der Waals surface area contributed by atoms with Crippen molar-refractivity contribution in [3.63, 3.8) is 0 Å². The molecule has 0 radical (unpaired) electrons. The second-order valence-corrected chi connectivity index (χ2v) is 4.83. The van der Waals surface area contributed by atoms with E-state index in [2.05, 4.69) is 0 Å². The number of ether oxygens (including phenoxy) is 2. The Labute approximate surface area is 113 Å². The minimum absolute atomic E-state index is 0.133. The zero-order valence-electron chi connectivity index (χ0n) is 11.9. The fraction of sp³-hybridized carbons (Fsp3) is 0.786. The summed E-state index contributed by atoms with van der Waals surface area (Å²) >= 11 is 0. The molecule has 0 spiro atoms. The second-order valence-electron chi connectivity index (χ2n) is 4.83. The van der Waals surface area contributed by atoms with Gasteiger partial charge < -0.3 is 9.47 Å². The highest BCUT2D eigenvalue weighted by atomic mass is 16.5. The van der Waals surface area contributed by atoms with Crippen molar-refractivity contribution in [2.45, 2.75) is 46.5 Å². The predicted octanol–water partition coefficient (Wildman–Crippen LogP) is 1.88. The Balaban J connectivity index is 2.89. The Kier molecular flexibility index (Phi) is 5.51. The van der Waals surface area contributed by atoms with Crippen molar-refractivity contribution in [3.8, 4) is 0 Å². The molecule has 0 amide bonds. The van der Waals surface area contributed by atoms with Crippen molar-refractivity contribution in [1.82, 2.24) is 0 Å². The minimum Gasteiger partial charge on any atom is -0.466 e. The molecule has 1 saturated carbocycles. The number of carbonyl (C=O) groups is 3. The fourth-order valence-corrected chi connectivity index (χ4v) is 2.54. The highest BCUT2D eigenvalue weighted by molar-refractivity contribution is 6.00. The minimum atomic E-state index is -0.821. The zero-order chi connectivity index (χ0) is 14.5. The van der Waals surface area contributed by atoms with Crippen LogP contribution in [0.5, 0.6) is 0 Å². The van der Waals surface area contributed by atoms with Crippen LogP contribution in [0.25, 0.3) is 0 Å². The lowest BCUT2D eigenvalue weighted by molar-refractivity contribution is -0.164.